The van der Waals surface area contributed by atoms with Crippen molar-refractivity contribution in [1.29, 1.82) is 0 Å². The second-order valence-corrected chi connectivity index (χ2v) is 8.68. The first-order valence-corrected chi connectivity index (χ1v) is 11.7. The number of anilines is 4. The molecule has 3 aromatic rings. The Labute approximate surface area is 215 Å². The number of nitrogens with zero attached hydrogens (tertiary/aromatic N) is 2. The van der Waals surface area contributed by atoms with Gasteiger partial charge in [0.2, 0.25) is 0 Å². The molecule has 0 fully saturated rings. The molecule has 1 aliphatic carbocycles. The molecule has 1 atom stereocenters. The van der Waals surface area contributed by atoms with Crippen LogP contribution in [0, 0.1) is 6.92 Å². The number of carboxylic acid groups (broad SMARTS) is 2. The van der Waals surface area contributed by atoms with Gasteiger partial charge < -0.3 is 25.7 Å². The number of aliphatic carboxylic acids is 1. The summed E-state index contributed by atoms with van der Waals surface area (Å²) in [5.74, 6) is -2.02. The first-order valence-electron chi connectivity index (χ1n) is 11.7. The van der Waals surface area contributed by atoms with E-state index in [1.54, 1.807) is 31.3 Å². The first-order chi connectivity index (χ1) is 17.7. The predicted molar refractivity (Wildman–Crippen MR) is 148 cm³/mol. The summed E-state index contributed by atoms with van der Waals surface area (Å²) in [7, 11) is 3.51. The zero-order valence-corrected chi connectivity index (χ0v) is 20.8. The summed E-state index contributed by atoms with van der Waals surface area (Å²) in [6, 6.07) is 19.8. The first kappa shape index (κ1) is 25.2. The highest BCUT2D eigenvalue weighted by atomic mass is 16.4. The summed E-state index contributed by atoms with van der Waals surface area (Å²) < 4.78 is 0. The number of hydrogen-bond donors (Lipinski definition) is 4. The molecule has 1 unspecified atom stereocenters. The van der Waals surface area contributed by atoms with Gasteiger partial charge in [0.25, 0.3) is 0 Å². The van der Waals surface area contributed by atoms with Crippen LogP contribution in [0.15, 0.2) is 95.5 Å². The number of likely N-dealkylation sites (N-methyl/N-ethyl adjacent to an activating group) is 1. The van der Waals surface area contributed by atoms with E-state index in [0.717, 1.165) is 22.6 Å². The number of aromatic carboxylic acids is 1. The molecular formula is C29H28N4O4. The maximum Gasteiger partial charge on any atom is 0.337 e. The number of allylic oxidation sites excluding steroid dienone is 2. The topological polar surface area (TPSA) is 114 Å². The molecule has 1 aliphatic rings. The van der Waals surface area contributed by atoms with Crippen LogP contribution in [0.25, 0.3) is 0 Å². The lowest BCUT2D eigenvalue weighted by Crippen LogP contribution is -2.36. The average Bonchev–Trinajstić information content (AvgIpc) is 2.90. The van der Waals surface area contributed by atoms with E-state index in [1.807, 2.05) is 79.6 Å². The second-order valence-electron chi connectivity index (χ2n) is 8.68. The minimum absolute atomic E-state index is 0.172. The molecule has 0 aromatic heterocycles. The Kier molecular flexibility index (Phi) is 7.39. The fourth-order valence-electron chi connectivity index (χ4n) is 4.07. The number of hydrogen-bond acceptors (Lipinski definition) is 6. The van der Waals surface area contributed by atoms with Crippen molar-refractivity contribution in [2.75, 3.05) is 29.6 Å². The molecule has 0 amide bonds. The van der Waals surface area contributed by atoms with Crippen LogP contribution in [0.3, 0.4) is 0 Å². The molecule has 0 saturated heterocycles. The van der Waals surface area contributed by atoms with Gasteiger partial charge in [0.05, 0.1) is 28.6 Å². The molecule has 0 bridgehead atoms. The van der Waals surface area contributed by atoms with Crippen LogP contribution in [-0.2, 0) is 4.79 Å². The van der Waals surface area contributed by atoms with Gasteiger partial charge in [0, 0.05) is 36.8 Å². The standard InChI is InChI=1S/C29H28N4O4/c1-18-4-6-19(7-5-18)31-22-11-15-27(25(17-22)29(36)37)33(3)23-12-8-20(9-13-23)32-21-10-14-26(30-2)24(16-21)28(34)35/h4-17,27,30,32H,1-3H3,(H,34,35)(H,36,37). The number of carboxylic acids is 2. The van der Waals surface area contributed by atoms with Gasteiger partial charge in [-0.3, -0.25) is 0 Å². The average molecular weight is 497 g/mol. The molecule has 0 saturated carbocycles. The van der Waals surface area contributed by atoms with Crippen LogP contribution >= 0.6 is 0 Å². The van der Waals surface area contributed by atoms with E-state index in [4.69, 9.17) is 0 Å². The summed E-state index contributed by atoms with van der Waals surface area (Å²) in [4.78, 5) is 30.0. The Morgan fingerprint density at radius 2 is 1.59 bits per heavy atom. The van der Waals surface area contributed by atoms with E-state index in [9.17, 15) is 19.8 Å². The van der Waals surface area contributed by atoms with E-state index < -0.39 is 18.0 Å². The van der Waals surface area contributed by atoms with Crippen molar-refractivity contribution in [1.82, 2.24) is 0 Å². The number of carbonyl (C=O) groups is 2. The Balaban J connectivity index is 1.51. The van der Waals surface area contributed by atoms with E-state index in [0.29, 0.717) is 17.1 Å². The zero-order chi connectivity index (χ0) is 26.5. The van der Waals surface area contributed by atoms with Crippen LogP contribution in [0.2, 0.25) is 0 Å². The monoisotopic (exact) mass is 496 g/mol. The van der Waals surface area contributed by atoms with Gasteiger partial charge in [0.1, 0.15) is 0 Å². The smallest absolute Gasteiger partial charge is 0.337 e. The molecule has 0 radical (unpaired) electrons. The maximum absolute atomic E-state index is 12.1. The third-order valence-corrected chi connectivity index (χ3v) is 6.11. The summed E-state index contributed by atoms with van der Waals surface area (Å²) in [5, 5.41) is 25.4. The normalized spacial score (nSPS) is 15.7. The third-order valence-electron chi connectivity index (χ3n) is 6.11. The lowest BCUT2D eigenvalue weighted by Gasteiger charge is -2.30. The van der Waals surface area contributed by atoms with Crippen molar-refractivity contribution < 1.29 is 19.8 Å². The van der Waals surface area contributed by atoms with Crippen molar-refractivity contribution in [2.24, 2.45) is 4.99 Å². The molecular weight excluding hydrogens is 468 g/mol. The third kappa shape index (κ3) is 5.87. The van der Waals surface area contributed by atoms with Gasteiger partial charge in [-0.05, 0) is 73.7 Å². The van der Waals surface area contributed by atoms with Crippen molar-refractivity contribution in [3.63, 3.8) is 0 Å². The van der Waals surface area contributed by atoms with Gasteiger partial charge in [0.15, 0.2) is 0 Å². The second kappa shape index (κ2) is 10.8. The Hall–Kier alpha value is -4.85. The van der Waals surface area contributed by atoms with Crippen molar-refractivity contribution in [3.8, 4) is 0 Å². The Morgan fingerprint density at radius 1 is 0.919 bits per heavy atom. The molecule has 188 valence electrons. The largest absolute Gasteiger partial charge is 0.478 e. The quantitative estimate of drug-likeness (QED) is 0.319. The lowest BCUT2D eigenvalue weighted by atomic mass is 9.97. The van der Waals surface area contributed by atoms with E-state index in [2.05, 4.69) is 15.6 Å². The number of aryl methyl sites for hydroxylation is 1. The van der Waals surface area contributed by atoms with Crippen molar-refractivity contribution >= 4 is 46.1 Å². The SMILES string of the molecule is CNc1ccc(Nc2ccc(N(C)C3C=CC(=Nc4ccc(C)cc4)C=C3C(=O)O)cc2)cc1C(=O)O. The fourth-order valence-corrected chi connectivity index (χ4v) is 4.07. The molecule has 3 aromatic carbocycles. The van der Waals surface area contributed by atoms with Crippen molar-refractivity contribution in [3.05, 3.63) is 102 Å². The summed E-state index contributed by atoms with van der Waals surface area (Å²) >= 11 is 0. The fraction of sp³-hybridized carbons (Fsp3) is 0.138. The van der Waals surface area contributed by atoms with Crippen LogP contribution in [0.4, 0.5) is 28.4 Å². The number of aliphatic imine (C=N–C) groups is 1. The minimum Gasteiger partial charge on any atom is -0.478 e. The zero-order valence-electron chi connectivity index (χ0n) is 20.8. The van der Waals surface area contributed by atoms with Crippen molar-refractivity contribution in [2.45, 2.75) is 13.0 Å². The number of benzene rings is 3. The Morgan fingerprint density at radius 3 is 2.22 bits per heavy atom. The molecule has 8 heteroatoms. The van der Waals surface area contributed by atoms with Gasteiger partial charge in [-0.15, -0.1) is 0 Å². The van der Waals surface area contributed by atoms with Gasteiger partial charge >= 0.3 is 11.9 Å². The van der Waals surface area contributed by atoms with Crippen LogP contribution in [0.5, 0.6) is 0 Å². The van der Waals surface area contributed by atoms with Gasteiger partial charge in [-0.2, -0.15) is 0 Å². The van der Waals surface area contributed by atoms with E-state index >= 15 is 0 Å². The van der Waals surface area contributed by atoms with Crippen LogP contribution < -0.4 is 15.5 Å². The molecule has 8 nitrogen and oxygen atoms in total. The summed E-state index contributed by atoms with van der Waals surface area (Å²) in [6.07, 6.45) is 5.27. The Bertz CT molecular complexity index is 1410. The number of nitrogens with one attached hydrogen (secondary N) is 2. The highest BCUT2D eigenvalue weighted by Gasteiger charge is 2.26. The van der Waals surface area contributed by atoms with E-state index in [1.165, 1.54) is 0 Å². The van der Waals surface area contributed by atoms with Gasteiger partial charge in [-0.25, -0.2) is 14.6 Å². The molecule has 0 heterocycles. The van der Waals surface area contributed by atoms with Crippen LogP contribution in [-0.4, -0.2) is 48.0 Å². The molecule has 0 spiro atoms. The molecule has 4 N–H and O–H groups in total. The molecule has 4 rings (SSSR count). The highest BCUT2D eigenvalue weighted by Crippen LogP contribution is 2.28. The number of rotatable bonds is 8. The van der Waals surface area contributed by atoms with Crippen LogP contribution in [0.1, 0.15) is 15.9 Å². The highest BCUT2D eigenvalue weighted by molar-refractivity contribution is 6.11. The molecule has 0 aliphatic heterocycles. The maximum atomic E-state index is 12.1. The minimum atomic E-state index is -1.01. The van der Waals surface area contributed by atoms with Gasteiger partial charge in [-0.1, -0.05) is 23.8 Å². The lowest BCUT2D eigenvalue weighted by molar-refractivity contribution is -0.132. The summed E-state index contributed by atoms with van der Waals surface area (Å²) in [5.41, 5.74) is 5.64. The van der Waals surface area contributed by atoms with E-state index in [-0.39, 0.29) is 11.1 Å². The summed E-state index contributed by atoms with van der Waals surface area (Å²) in [6.45, 7) is 2.00. The predicted octanol–water partition coefficient (Wildman–Crippen LogP) is 5.64. The molecule has 37 heavy (non-hydrogen) atoms.